The lowest BCUT2D eigenvalue weighted by atomic mass is 9.74. The van der Waals surface area contributed by atoms with E-state index in [4.69, 9.17) is 0 Å². The Morgan fingerprint density at radius 3 is 1.54 bits per heavy atom. The zero-order valence-corrected chi connectivity index (χ0v) is 39.7. The van der Waals surface area contributed by atoms with Crippen LogP contribution in [0.4, 0.5) is 17.1 Å². The number of nitrogens with zero attached hydrogens (tertiary/aromatic N) is 1. The van der Waals surface area contributed by atoms with Gasteiger partial charge >= 0.3 is 0 Å². The van der Waals surface area contributed by atoms with Gasteiger partial charge in [-0.25, -0.2) is 0 Å². The number of anilines is 3. The van der Waals surface area contributed by atoms with Crippen LogP contribution in [0, 0.1) is 0 Å². The van der Waals surface area contributed by atoms with E-state index in [1.54, 1.807) is 0 Å². The van der Waals surface area contributed by atoms with Crippen molar-refractivity contribution in [2.24, 2.45) is 0 Å². The van der Waals surface area contributed by atoms with E-state index >= 15 is 0 Å². The molecule has 13 rings (SSSR count). The first kappa shape index (κ1) is 41.7. The SMILES string of the molecule is CC1(C)c2ccccc2-c2cccc(-c3ccccc3-c3ccc(N(c4ccc(-c5ccc6c(c5)C(C)(c5ccccc5)c5ccccc5-6)cc4)c4ccc5ccccc5c4-c4ccccc4)cc3)c21. The Morgan fingerprint density at radius 2 is 0.829 bits per heavy atom. The number of benzene rings is 11. The number of hydrogen-bond donors (Lipinski definition) is 0. The zero-order valence-electron chi connectivity index (χ0n) is 39.7. The minimum Gasteiger partial charge on any atom is -0.310 e. The highest BCUT2D eigenvalue weighted by molar-refractivity contribution is 6.05. The summed E-state index contributed by atoms with van der Waals surface area (Å²) in [4.78, 5) is 2.45. The van der Waals surface area contributed by atoms with Crippen LogP contribution in [0.1, 0.15) is 48.6 Å². The van der Waals surface area contributed by atoms with Crippen LogP contribution in [-0.2, 0) is 10.8 Å². The van der Waals surface area contributed by atoms with Crippen molar-refractivity contribution >= 4 is 27.8 Å². The lowest BCUT2D eigenvalue weighted by Crippen LogP contribution is -2.22. The Bertz CT molecular complexity index is 3790. The van der Waals surface area contributed by atoms with E-state index in [-0.39, 0.29) is 10.8 Å². The smallest absolute Gasteiger partial charge is 0.0546 e. The molecule has 0 amide bonds. The molecule has 1 atom stereocenters. The summed E-state index contributed by atoms with van der Waals surface area (Å²) in [6.07, 6.45) is 0. The average Bonchev–Trinajstić information content (AvgIpc) is 3.83. The van der Waals surface area contributed by atoms with Gasteiger partial charge in [0, 0.05) is 27.8 Å². The van der Waals surface area contributed by atoms with Gasteiger partial charge in [-0.2, -0.15) is 0 Å². The maximum Gasteiger partial charge on any atom is 0.0546 e. The van der Waals surface area contributed by atoms with Gasteiger partial charge in [0.05, 0.1) is 5.69 Å². The molecule has 0 fully saturated rings. The summed E-state index contributed by atoms with van der Waals surface area (Å²) in [5, 5.41) is 2.44. The molecule has 0 aliphatic heterocycles. The van der Waals surface area contributed by atoms with Gasteiger partial charge in [-0.15, -0.1) is 0 Å². The molecular weight excluding hydrogens is 843 g/mol. The van der Waals surface area contributed by atoms with Gasteiger partial charge in [-0.3, -0.25) is 0 Å². The summed E-state index contributed by atoms with van der Waals surface area (Å²) in [6.45, 7) is 7.15. The minimum atomic E-state index is -0.264. The molecule has 1 heteroatoms. The maximum absolute atomic E-state index is 2.45. The average molecular weight is 894 g/mol. The molecule has 0 saturated carbocycles. The third-order valence-corrected chi connectivity index (χ3v) is 15.6. The van der Waals surface area contributed by atoms with E-state index in [0.29, 0.717) is 0 Å². The van der Waals surface area contributed by atoms with E-state index in [1.165, 1.54) is 105 Å². The molecule has 0 spiro atoms. The molecule has 0 saturated heterocycles. The Hall–Kier alpha value is -8.52. The van der Waals surface area contributed by atoms with Crippen LogP contribution in [0.15, 0.2) is 255 Å². The molecule has 2 aliphatic carbocycles. The van der Waals surface area contributed by atoms with Crippen molar-refractivity contribution in [1.29, 1.82) is 0 Å². The van der Waals surface area contributed by atoms with Gasteiger partial charge in [0.1, 0.15) is 0 Å². The largest absolute Gasteiger partial charge is 0.310 e. The van der Waals surface area contributed by atoms with Gasteiger partial charge < -0.3 is 4.90 Å². The van der Waals surface area contributed by atoms with Crippen molar-refractivity contribution in [3.05, 3.63) is 283 Å². The molecular formula is C69H51N. The van der Waals surface area contributed by atoms with Crippen molar-refractivity contribution in [1.82, 2.24) is 0 Å². The van der Waals surface area contributed by atoms with Crippen LogP contribution in [0.25, 0.3) is 77.5 Å². The van der Waals surface area contributed by atoms with Gasteiger partial charge in [0.2, 0.25) is 0 Å². The Kier molecular flexibility index (Phi) is 9.71. The molecule has 1 nitrogen and oxygen atoms in total. The van der Waals surface area contributed by atoms with Gasteiger partial charge in [-0.1, -0.05) is 232 Å². The maximum atomic E-state index is 2.45. The molecule has 2 aliphatic rings. The van der Waals surface area contributed by atoms with Crippen LogP contribution < -0.4 is 4.90 Å². The Balaban J connectivity index is 0.934. The number of rotatable bonds is 8. The van der Waals surface area contributed by atoms with Crippen LogP contribution >= 0.6 is 0 Å². The molecule has 70 heavy (non-hydrogen) atoms. The summed E-state index contributed by atoms with van der Waals surface area (Å²) in [5.41, 5.74) is 24.8. The first-order valence-corrected chi connectivity index (χ1v) is 24.6. The zero-order chi connectivity index (χ0) is 47.0. The predicted molar refractivity (Wildman–Crippen MR) is 295 cm³/mol. The summed E-state index contributed by atoms with van der Waals surface area (Å²) in [5.74, 6) is 0. The second-order valence-corrected chi connectivity index (χ2v) is 19.7. The van der Waals surface area contributed by atoms with Crippen molar-refractivity contribution in [2.75, 3.05) is 4.90 Å². The summed E-state index contributed by atoms with van der Waals surface area (Å²) < 4.78 is 0. The van der Waals surface area contributed by atoms with E-state index in [1.807, 2.05) is 0 Å². The summed E-state index contributed by atoms with van der Waals surface area (Å²) in [7, 11) is 0. The fourth-order valence-corrected chi connectivity index (χ4v) is 12.2. The van der Waals surface area contributed by atoms with E-state index in [2.05, 4.69) is 280 Å². The number of hydrogen-bond acceptors (Lipinski definition) is 1. The minimum absolute atomic E-state index is 0.124. The van der Waals surface area contributed by atoms with E-state index in [9.17, 15) is 0 Å². The van der Waals surface area contributed by atoms with Gasteiger partial charge in [-0.05, 0) is 143 Å². The fraction of sp³-hybridized carbons (Fsp3) is 0.0725. The third kappa shape index (κ3) is 6.46. The summed E-state index contributed by atoms with van der Waals surface area (Å²) in [6, 6.07) is 94.4. The van der Waals surface area contributed by atoms with Crippen LogP contribution in [0.2, 0.25) is 0 Å². The van der Waals surface area contributed by atoms with Crippen molar-refractivity contribution in [2.45, 2.75) is 31.6 Å². The highest BCUT2D eigenvalue weighted by atomic mass is 15.1. The highest BCUT2D eigenvalue weighted by Crippen LogP contribution is 2.55. The van der Waals surface area contributed by atoms with E-state index in [0.717, 1.165) is 17.1 Å². The number of fused-ring (bicyclic) bond motifs is 7. The molecule has 0 heterocycles. The quantitative estimate of drug-likeness (QED) is 0.147. The van der Waals surface area contributed by atoms with Crippen molar-refractivity contribution in [3.8, 4) is 66.8 Å². The Morgan fingerprint density at radius 1 is 0.314 bits per heavy atom. The van der Waals surface area contributed by atoms with Crippen molar-refractivity contribution < 1.29 is 0 Å². The molecule has 0 bridgehead atoms. The van der Waals surface area contributed by atoms with Crippen LogP contribution in [0.5, 0.6) is 0 Å². The van der Waals surface area contributed by atoms with Crippen LogP contribution in [0.3, 0.4) is 0 Å². The lowest BCUT2D eigenvalue weighted by Gasteiger charge is -2.29. The molecule has 0 N–H and O–H groups in total. The Labute approximate surface area is 411 Å². The molecule has 0 aromatic heterocycles. The first-order valence-electron chi connectivity index (χ1n) is 24.6. The van der Waals surface area contributed by atoms with E-state index < -0.39 is 0 Å². The monoisotopic (exact) mass is 893 g/mol. The fourth-order valence-electron chi connectivity index (χ4n) is 12.2. The summed E-state index contributed by atoms with van der Waals surface area (Å²) >= 11 is 0. The second-order valence-electron chi connectivity index (χ2n) is 19.7. The second kappa shape index (κ2) is 16.3. The molecule has 0 radical (unpaired) electrons. The topological polar surface area (TPSA) is 3.24 Å². The standard InChI is InChI=1S/C69H51N/c1-68(2)62-31-16-14-28-58(62)61-30-18-29-60(67(61)68)56-26-13-12-24-54(56)48-35-41-53(42-36-48)70(65-44-38-47-19-10-11-25-55(47)66(65)49-20-6-4-7-21-49)52-39-33-46(34-40-52)50-37-43-59-57-27-15-17-32-63(57)69(3,64(59)45-50)51-22-8-5-9-23-51/h4-45H,1-3H3. The third-order valence-electron chi connectivity index (χ3n) is 15.6. The van der Waals surface area contributed by atoms with Gasteiger partial charge in [0.25, 0.3) is 0 Å². The lowest BCUT2D eigenvalue weighted by molar-refractivity contribution is 0.662. The normalized spacial score (nSPS) is 15.0. The predicted octanol–water partition coefficient (Wildman–Crippen LogP) is 18.6. The first-order chi connectivity index (χ1) is 34.4. The van der Waals surface area contributed by atoms with Gasteiger partial charge in [0.15, 0.2) is 0 Å². The van der Waals surface area contributed by atoms with Crippen LogP contribution in [-0.4, -0.2) is 0 Å². The highest BCUT2D eigenvalue weighted by Gasteiger charge is 2.41. The molecule has 332 valence electrons. The molecule has 11 aromatic carbocycles. The van der Waals surface area contributed by atoms with Crippen molar-refractivity contribution in [3.63, 3.8) is 0 Å². The molecule has 11 aromatic rings. The molecule has 1 unspecified atom stereocenters.